The van der Waals surface area contributed by atoms with Gasteiger partial charge in [0.2, 0.25) is 5.91 Å². The van der Waals surface area contributed by atoms with Crippen molar-refractivity contribution < 1.29 is 24.6 Å². The van der Waals surface area contributed by atoms with Crippen molar-refractivity contribution >= 4 is 29.6 Å². The molecule has 0 heterocycles. The van der Waals surface area contributed by atoms with Gasteiger partial charge in [-0.1, -0.05) is 34.9 Å². The monoisotopic (exact) mass is 425 g/mol. The molecule has 0 aliphatic carbocycles. The van der Waals surface area contributed by atoms with E-state index in [9.17, 15) is 19.5 Å². The fourth-order valence-corrected chi connectivity index (χ4v) is 3.34. The third-order valence-corrected chi connectivity index (χ3v) is 5.31. The molecular formula is C22H35NO5S. The first-order chi connectivity index (χ1) is 13.6. The smallest absolute Gasteiger partial charge is 0.318 e. The first kappa shape index (κ1) is 27.0. The van der Waals surface area contributed by atoms with Crippen molar-refractivity contribution in [1.29, 1.82) is 0 Å². The van der Waals surface area contributed by atoms with Crippen LogP contribution in [0, 0.1) is 0 Å². The largest absolute Gasteiger partial charge is 0.481 e. The van der Waals surface area contributed by atoms with Crippen LogP contribution in [0.1, 0.15) is 66.2 Å². The molecule has 164 valence electrons. The van der Waals surface area contributed by atoms with E-state index >= 15 is 0 Å². The van der Waals surface area contributed by atoms with Gasteiger partial charge in [-0.15, -0.1) is 11.8 Å². The molecule has 1 amide bonds. The second-order valence-corrected chi connectivity index (χ2v) is 8.55. The highest BCUT2D eigenvalue weighted by Gasteiger charge is 2.18. The summed E-state index contributed by atoms with van der Waals surface area (Å²) in [7, 11) is 0. The van der Waals surface area contributed by atoms with Gasteiger partial charge in [0.25, 0.3) is 0 Å². The minimum Gasteiger partial charge on any atom is -0.481 e. The molecule has 0 spiro atoms. The van der Waals surface area contributed by atoms with Crippen LogP contribution in [-0.2, 0) is 14.4 Å². The number of carboxylic acid groups (broad SMARTS) is 2. The predicted molar refractivity (Wildman–Crippen MR) is 119 cm³/mol. The summed E-state index contributed by atoms with van der Waals surface area (Å²) in [5.41, 5.74) is 3.93. The number of hydrogen-bond donors (Lipinski definition) is 3. The molecule has 0 aliphatic heterocycles. The van der Waals surface area contributed by atoms with Gasteiger partial charge in [-0.3, -0.25) is 14.4 Å². The highest BCUT2D eigenvalue weighted by atomic mass is 32.2. The van der Waals surface area contributed by atoms with Gasteiger partial charge in [0.15, 0.2) is 0 Å². The van der Waals surface area contributed by atoms with Crippen molar-refractivity contribution in [3.8, 4) is 0 Å². The molecule has 7 heteroatoms. The number of carbonyl (C=O) groups excluding carboxylic acids is 1. The summed E-state index contributed by atoms with van der Waals surface area (Å²) >= 11 is 1.25. The maximum absolute atomic E-state index is 11.5. The molecule has 0 aromatic rings. The summed E-state index contributed by atoms with van der Waals surface area (Å²) in [6.45, 7) is 8.38. The Morgan fingerprint density at radius 1 is 0.862 bits per heavy atom. The maximum atomic E-state index is 11.5. The lowest BCUT2D eigenvalue weighted by Crippen LogP contribution is -2.35. The molecule has 0 bridgehead atoms. The van der Waals surface area contributed by atoms with Gasteiger partial charge in [-0.2, -0.15) is 0 Å². The van der Waals surface area contributed by atoms with E-state index in [4.69, 9.17) is 5.11 Å². The Kier molecular flexibility index (Phi) is 14.7. The number of nitrogens with one attached hydrogen (secondary N) is 1. The molecule has 0 rings (SSSR count). The van der Waals surface area contributed by atoms with E-state index in [2.05, 4.69) is 38.2 Å². The molecule has 0 saturated carbocycles. The topological polar surface area (TPSA) is 104 Å². The first-order valence-corrected chi connectivity index (χ1v) is 10.9. The van der Waals surface area contributed by atoms with E-state index in [0.29, 0.717) is 5.75 Å². The van der Waals surface area contributed by atoms with Gasteiger partial charge in [-0.25, -0.2) is 0 Å². The second-order valence-electron chi connectivity index (χ2n) is 7.32. The van der Waals surface area contributed by atoms with Crippen LogP contribution in [0.5, 0.6) is 0 Å². The molecule has 0 unspecified atom stereocenters. The van der Waals surface area contributed by atoms with Crippen molar-refractivity contribution in [2.45, 2.75) is 71.5 Å². The molecular weight excluding hydrogens is 390 g/mol. The Balaban J connectivity index is 4.25. The molecule has 6 nitrogen and oxygen atoms in total. The number of carbonyl (C=O) groups is 3. The van der Waals surface area contributed by atoms with Gasteiger partial charge in [0.05, 0.1) is 6.42 Å². The van der Waals surface area contributed by atoms with E-state index in [1.54, 1.807) is 0 Å². The second kappa shape index (κ2) is 15.9. The quantitative estimate of drug-likeness (QED) is 0.332. The Bertz CT molecular complexity index is 633. The summed E-state index contributed by atoms with van der Waals surface area (Å²) in [4.78, 5) is 33.3. The SMILES string of the molecule is CC(C)=CCC/C(C)=C/CC/C(C)=C/CS[C@H](CNC(=O)CCC(=O)O)C(=O)O. The van der Waals surface area contributed by atoms with Crippen molar-refractivity contribution in [3.05, 3.63) is 34.9 Å². The molecule has 29 heavy (non-hydrogen) atoms. The number of thioether (sulfide) groups is 1. The average Bonchev–Trinajstić information content (AvgIpc) is 2.62. The van der Waals surface area contributed by atoms with Crippen molar-refractivity contribution in [1.82, 2.24) is 5.32 Å². The highest BCUT2D eigenvalue weighted by Crippen LogP contribution is 2.15. The summed E-state index contributed by atoms with van der Waals surface area (Å²) in [6.07, 6.45) is 10.2. The lowest BCUT2D eigenvalue weighted by Gasteiger charge is -2.12. The molecule has 0 fully saturated rings. The van der Waals surface area contributed by atoms with Crippen LogP contribution in [-0.4, -0.2) is 45.6 Å². The average molecular weight is 426 g/mol. The van der Waals surface area contributed by atoms with Crippen molar-refractivity contribution in [3.63, 3.8) is 0 Å². The van der Waals surface area contributed by atoms with Gasteiger partial charge >= 0.3 is 11.9 Å². The van der Waals surface area contributed by atoms with Gasteiger partial charge in [0, 0.05) is 18.7 Å². The zero-order valence-electron chi connectivity index (χ0n) is 18.0. The predicted octanol–water partition coefficient (Wildman–Crippen LogP) is 4.57. The zero-order chi connectivity index (χ0) is 22.2. The number of rotatable bonds is 15. The third-order valence-electron chi connectivity index (χ3n) is 4.18. The van der Waals surface area contributed by atoms with Crippen molar-refractivity contribution in [2.24, 2.45) is 0 Å². The molecule has 0 saturated heterocycles. The highest BCUT2D eigenvalue weighted by molar-refractivity contribution is 8.00. The van der Waals surface area contributed by atoms with E-state index in [-0.39, 0.29) is 19.4 Å². The molecule has 3 N–H and O–H groups in total. The summed E-state index contributed by atoms with van der Waals surface area (Å²) in [5, 5.41) is 19.6. The fourth-order valence-electron chi connectivity index (χ4n) is 2.38. The van der Waals surface area contributed by atoms with Gasteiger partial charge in [0.1, 0.15) is 5.25 Å². The summed E-state index contributed by atoms with van der Waals surface area (Å²) < 4.78 is 0. The maximum Gasteiger partial charge on any atom is 0.318 e. The number of allylic oxidation sites excluding steroid dienone is 5. The van der Waals surface area contributed by atoms with Crippen molar-refractivity contribution in [2.75, 3.05) is 12.3 Å². The number of aliphatic carboxylic acids is 2. The lowest BCUT2D eigenvalue weighted by atomic mass is 10.1. The standard InChI is InChI=1S/C22H35NO5S/c1-16(2)7-5-8-17(3)9-6-10-18(4)13-14-29-19(22(27)28)15-23-20(24)11-12-21(25)26/h7,9,13,19H,5-6,8,10-12,14-15H2,1-4H3,(H,23,24)(H,25,26)(H,27,28)/b17-9+,18-13+/t19-/m1/s1. The molecule has 0 radical (unpaired) electrons. The van der Waals surface area contributed by atoms with Crippen LogP contribution >= 0.6 is 11.8 Å². The Morgan fingerprint density at radius 3 is 2.00 bits per heavy atom. The number of hydrogen-bond acceptors (Lipinski definition) is 4. The van der Waals surface area contributed by atoms with E-state index in [1.165, 1.54) is 28.5 Å². The van der Waals surface area contributed by atoms with Gasteiger partial charge in [-0.05, 0) is 53.4 Å². The Morgan fingerprint density at radius 2 is 1.45 bits per heavy atom. The minimum absolute atomic E-state index is 0.0149. The number of amides is 1. The van der Waals surface area contributed by atoms with Crippen LogP contribution in [0.2, 0.25) is 0 Å². The van der Waals surface area contributed by atoms with Crippen LogP contribution in [0.25, 0.3) is 0 Å². The lowest BCUT2D eigenvalue weighted by molar-refractivity contribution is -0.139. The minimum atomic E-state index is -1.05. The first-order valence-electron chi connectivity index (χ1n) is 9.89. The molecule has 0 aromatic carbocycles. The molecule has 0 aromatic heterocycles. The molecule has 0 aliphatic rings. The van der Waals surface area contributed by atoms with E-state index in [1.807, 2.05) is 13.0 Å². The zero-order valence-corrected chi connectivity index (χ0v) is 18.8. The van der Waals surface area contributed by atoms with Gasteiger partial charge < -0.3 is 15.5 Å². The van der Waals surface area contributed by atoms with Crippen LogP contribution < -0.4 is 5.32 Å². The Labute approximate surface area is 178 Å². The fraction of sp³-hybridized carbons (Fsp3) is 0.591. The normalized spacial score (nSPS) is 13.0. The summed E-state index contributed by atoms with van der Waals surface area (Å²) in [6, 6.07) is 0. The van der Waals surface area contributed by atoms with Crippen LogP contribution in [0.15, 0.2) is 34.9 Å². The number of carboxylic acids is 2. The van der Waals surface area contributed by atoms with Crippen LogP contribution in [0.3, 0.4) is 0 Å². The third kappa shape index (κ3) is 16.6. The van der Waals surface area contributed by atoms with E-state index in [0.717, 1.165) is 25.7 Å². The Hall–Kier alpha value is -2.02. The summed E-state index contributed by atoms with van der Waals surface area (Å²) in [5.74, 6) is -1.94. The van der Waals surface area contributed by atoms with E-state index < -0.39 is 23.1 Å². The molecule has 1 atom stereocenters. The van der Waals surface area contributed by atoms with Crippen LogP contribution in [0.4, 0.5) is 0 Å².